The first-order chi connectivity index (χ1) is 7.91. The van der Waals surface area contributed by atoms with Gasteiger partial charge < -0.3 is 19.7 Å². The quantitative estimate of drug-likeness (QED) is 0.642. The summed E-state index contributed by atoms with van der Waals surface area (Å²) in [5.74, 6) is -2.74. The smallest absolute Gasteiger partial charge is 0.343 e. The largest absolute Gasteiger partial charge is 0.507 e. The first-order valence-electron chi connectivity index (χ1n) is 4.64. The fourth-order valence-electron chi connectivity index (χ4n) is 1.69. The molecule has 6 nitrogen and oxygen atoms in total. The molecule has 17 heavy (non-hydrogen) atoms. The molecule has 88 valence electrons. The number of fused-ring (bicyclic) bond motifs is 1. The van der Waals surface area contributed by atoms with Crippen molar-refractivity contribution in [3.8, 4) is 11.5 Å². The molecule has 0 aliphatic rings. The third kappa shape index (κ3) is 1.59. The molecule has 1 aromatic heterocycles. The van der Waals surface area contributed by atoms with Crippen LogP contribution in [0, 0.1) is 6.92 Å². The van der Waals surface area contributed by atoms with Gasteiger partial charge in [-0.3, -0.25) is 0 Å². The lowest BCUT2D eigenvalue weighted by atomic mass is 10.1. The van der Waals surface area contributed by atoms with Crippen LogP contribution in [0.15, 0.2) is 21.3 Å². The highest BCUT2D eigenvalue weighted by atomic mass is 16.4. The predicted octanol–water partition coefficient (Wildman–Crippen LogP) is 1.21. The molecular formula is C11H8O6. The molecule has 0 amide bonds. The molecule has 1 aromatic carbocycles. The van der Waals surface area contributed by atoms with E-state index in [1.165, 1.54) is 6.92 Å². The van der Waals surface area contributed by atoms with E-state index < -0.39 is 28.7 Å². The molecule has 0 aliphatic carbocycles. The maximum atomic E-state index is 11.1. The second-order valence-corrected chi connectivity index (χ2v) is 3.55. The van der Waals surface area contributed by atoms with Crippen molar-refractivity contribution in [2.75, 3.05) is 0 Å². The number of carboxylic acid groups (broad SMARTS) is 1. The first-order valence-corrected chi connectivity index (χ1v) is 4.64. The lowest BCUT2D eigenvalue weighted by Crippen LogP contribution is -2.02. The van der Waals surface area contributed by atoms with Gasteiger partial charge >= 0.3 is 11.6 Å². The molecule has 0 fully saturated rings. The molecule has 2 aromatic rings. The molecule has 6 heteroatoms. The standard InChI is InChI=1S/C11H8O6/c1-4-2-7(13)17-6-3-5(12)9(11(15)16)10(14)8(4)6/h2-3,12,14H,1H3,(H,15,16). The van der Waals surface area contributed by atoms with Crippen molar-refractivity contribution in [2.45, 2.75) is 6.92 Å². The number of rotatable bonds is 1. The number of hydrogen-bond acceptors (Lipinski definition) is 5. The van der Waals surface area contributed by atoms with Crippen LogP contribution in [0.25, 0.3) is 11.0 Å². The van der Waals surface area contributed by atoms with Crippen LogP contribution in [0.4, 0.5) is 0 Å². The number of hydrogen-bond donors (Lipinski definition) is 3. The second kappa shape index (κ2) is 3.51. The fraction of sp³-hybridized carbons (Fsp3) is 0.0909. The van der Waals surface area contributed by atoms with Gasteiger partial charge in [-0.05, 0) is 12.5 Å². The van der Waals surface area contributed by atoms with Crippen LogP contribution in [0.5, 0.6) is 11.5 Å². The number of benzene rings is 1. The molecule has 0 unspecified atom stereocenters. The molecule has 3 N–H and O–H groups in total. The summed E-state index contributed by atoms with van der Waals surface area (Å²) in [5.41, 5.74) is -0.947. The van der Waals surface area contributed by atoms with Gasteiger partial charge in [0.15, 0.2) is 0 Å². The lowest BCUT2D eigenvalue weighted by Gasteiger charge is -2.07. The summed E-state index contributed by atoms with van der Waals surface area (Å²) >= 11 is 0. The number of aromatic hydroxyl groups is 2. The third-order valence-corrected chi connectivity index (χ3v) is 2.40. The van der Waals surface area contributed by atoms with Crippen molar-refractivity contribution in [3.63, 3.8) is 0 Å². The monoisotopic (exact) mass is 236 g/mol. The molecule has 0 atom stereocenters. The van der Waals surface area contributed by atoms with Crippen molar-refractivity contribution in [3.05, 3.63) is 33.7 Å². The summed E-state index contributed by atoms with van der Waals surface area (Å²) < 4.78 is 4.77. The zero-order valence-electron chi connectivity index (χ0n) is 8.72. The second-order valence-electron chi connectivity index (χ2n) is 3.55. The van der Waals surface area contributed by atoms with E-state index in [0.29, 0.717) is 5.56 Å². The van der Waals surface area contributed by atoms with E-state index in [9.17, 15) is 19.8 Å². The lowest BCUT2D eigenvalue weighted by molar-refractivity contribution is 0.0691. The van der Waals surface area contributed by atoms with E-state index in [1.54, 1.807) is 0 Å². The summed E-state index contributed by atoms with van der Waals surface area (Å²) in [7, 11) is 0. The molecule has 0 radical (unpaired) electrons. The Kier molecular flexibility index (Phi) is 2.27. The van der Waals surface area contributed by atoms with Crippen LogP contribution in [0.2, 0.25) is 0 Å². The Hall–Kier alpha value is -2.50. The number of aromatic carboxylic acids is 1. The highest BCUT2D eigenvalue weighted by Crippen LogP contribution is 2.36. The summed E-state index contributed by atoms with van der Waals surface area (Å²) in [6, 6.07) is 2.12. The molecule has 1 heterocycles. The highest BCUT2D eigenvalue weighted by Gasteiger charge is 2.21. The Bertz CT molecular complexity index is 682. The zero-order valence-corrected chi connectivity index (χ0v) is 8.72. The van der Waals surface area contributed by atoms with E-state index in [4.69, 9.17) is 9.52 Å². The van der Waals surface area contributed by atoms with Gasteiger partial charge in [0, 0.05) is 12.1 Å². The Morgan fingerprint density at radius 2 is 1.94 bits per heavy atom. The van der Waals surface area contributed by atoms with Gasteiger partial charge in [-0.1, -0.05) is 0 Å². The van der Waals surface area contributed by atoms with Crippen LogP contribution in [-0.4, -0.2) is 21.3 Å². The van der Waals surface area contributed by atoms with Gasteiger partial charge in [0.2, 0.25) is 0 Å². The van der Waals surface area contributed by atoms with E-state index in [-0.39, 0.29) is 11.0 Å². The van der Waals surface area contributed by atoms with E-state index in [1.807, 2.05) is 0 Å². The summed E-state index contributed by atoms with van der Waals surface area (Å²) in [6.45, 7) is 1.53. The van der Waals surface area contributed by atoms with E-state index in [2.05, 4.69) is 0 Å². The minimum Gasteiger partial charge on any atom is -0.507 e. The summed E-state index contributed by atoms with van der Waals surface area (Å²) in [5, 5.41) is 28.1. The first kappa shape index (κ1) is 11.0. The number of carbonyl (C=O) groups is 1. The van der Waals surface area contributed by atoms with Crippen LogP contribution >= 0.6 is 0 Å². The topological polar surface area (TPSA) is 108 Å². The number of phenols is 2. The van der Waals surface area contributed by atoms with Crippen LogP contribution in [-0.2, 0) is 0 Å². The SMILES string of the molecule is Cc1cc(=O)oc2cc(O)c(C(=O)O)c(O)c12. The van der Waals surface area contributed by atoms with Crippen LogP contribution < -0.4 is 5.63 Å². The van der Waals surface area contributed by atoms with Crippen molar-refractivity contribution in [1.29, 1.82) is 0 Å². The van der Waals surface area contributed by atoms with Crippen molar-refractivity contribution in [2.24, 2.45) is 0 Å². The van der Waals surface area contributed by atoms with E-state index in [0.717, 1.165) is 12.1 Å². The average Bonchev–Trinajstić information content (AvgIpc) is 2.13. The maximum absolute atomic E-state index is 11.1. The van der Waals surface area contributed by atoms with Crippen molar-refractivity contribution >= 4 is 16.9 Å². The molecule has 0 bridgehead atoms. The van der Waals surface area contributed by atoms with Crippen LogP contribution in [0.1, 0.15) is 15.9 Å². The fourth-order valence-corrected chi connectivity index (χ4v) is 1.69. The molecular weight excluding hydrogens is 228 g/mol. The normalized spacial score (nSPS) is 10.6. The summed E-state index contributed by atoms with van der Waals surface area (Å²) in [6.07, 6.45) is 0. The highest BCUT2D eigenvalue weighted by molar-refractivity contribution is 6.02. The van der Waals surface area contributed by atoms with Gasteiger partial charge in [0.25, 0.3) is 0 Å². The third-order valence-electron chi connectivity index (χ3n) is 2.40. The Balaban J connectivity index is 3.02. The van der Waals surface area contributed by atoms with Gasteiger partial charge in [-0.2, -0.15) is 0 Å². The average molecular weight is 236 g/mol. The van der Waals surface area contributed by atoms with Gasteiger partial charge in [0.05, 0.1) is 5.39 Å². The number of carboxylic acids is 1. The van der Waals surface area contributed by atoms with Gasteiger partial charge in [0.1, 0.15) is 22.6 Å². The van der Waals surface area contributed by atoms with Crippen LogP contribution in [0.3, 0.4) is 0 Å². The van der Waals surface area contributed by atoms with Crippen molar-refractivity contribution < 1.29 is 24.5 Å². The molecule has 0 aliphatic heterocycles. The molecule has 0 saturated heterocycles. The maximum Gasteiger partial charge on any atom is 0.343 e. The zero-order chi connectivity index (χ0) is 12.7. The minimum absolute atomic E-state index is 0.0602. The molecule has 0 saturated carbocycles. The minimum atomic E-state index is -1.47. The van der Waals surface area contributed by atoms with Crippen molar-refractivity contribution in [1.82, 2.24) is 0 Å². The Morgan fingerprint density at radius 1 is 1.29 bits per heavy atom. The number of aryl methyl sites for hydroxylation is 1. The summed E-state index contributed by atoms with van der Waals surface area (Å²) in [4.78, 5) is 22.0. The van der Waals surface area contributed by atoms with Gasteiger partial charge in [-0.15, -0.1) is 0 Å². The Labute approximate surface area is 94.4 Å². The van der Waals surface area contributed by atoms with E-state index >= 15 is 0 Å². The Morgan fingerprint density at radius 3 is 2.53 bits per heavy atom. The van der Waals surface area contributed by atoms with Gasteiger partial charge in [-0.25, -0.2) is 9.59 Å². The molecule has 2 rings (SSSR count). The predicted molar refractivity (Wildman–Crippen MR) is 57.5 cm³/mol. The molecule has 0 spiro atoms.